The monoisotopic (exact) mass is 325 g/mol. The van der Waals surface area contributed by atoms with Gasteiger partial charge in [-0.25, -0.2) is 4.98 Å². The van der Waals surface area contributed by atoms with E-state index in [4.69, 9.17) is 0 Å². The largest absolute Gasteiger partial charge is 0.385 e. The quantitative estimate of drug-likeness (QED) is 0.903. The highest BCUT2D eigenvalue weighted by atomic mass is 79.9. The molecular formula is C12H12BrN3OS. The van der Waals surface area contributed by atoms with E-state index in [0.717, 1.165) is 16.0 Å². The van der Waals surface area contributed by atoms with E-state index in [1.807, 2.05) is 19.1 Å². The number of rotatable bonds is 4. The van der Waals surface area contributed by atoms with Crippen molar-refractivity contribution in [2.24, 2.45) is 0 Å². The van der Waals surface area contributed by atoms with Gasteiger partial charge in [0, 0.05) is 17.8 Å². The summed E-state index contributed by atoms with van der Waals surface area (Å²) < 4.78 is 0.889. The molecule has 18 heavy (non-hydrogen) atoms. The van der Waals surface area contributed by atoms with Gasteiger partial charge in [-0.1, -0.05) is 11.3 Å². The van der Waals surface area contributed by atoms with Crippen LogP contribution in [0.25, 0.3) is 0 Å². The Morgan fingerprint density at radius 3 is 2.67 bits per heavy atom. The fourth-order valence-corrected chi connectivity index (χ4v) is 2.53. The van der Waals surface area contributed by atoms with E-state index < -0.39 is 0 Å². The van der Waals surface area contributed by atoms with Gasteiger partial charge in [0.05, 0.1) is 9.98 Å². The van der Waals surface area contributed by atoms with Crippen LogP contribution in [-0.2, 0) is 0 Å². The molecule has 0 radical (unpaired) electrons. The lowest BCUT2D eigenvalue weighted by molar-refractivity contribution is 0.102. The van der Waals surface area contributed by atoms with Crippen LogP contribution >= 0.6 is 27.3 Å². The number of aromatic nitrogens is 1. The average molecular weight is 326 g/mol. The second kappa shape index (κ2) is 5.97. The minimum Gasteiger partial charge on any atom is -0.385 e. The number of hydrogen-bond acceptors (Lipinski definition) is 4. The van der Waals surface area contributed by atoms with Gasteiger partial charge in [-0.3, -0.25) is 10.1 Å². The maximum absolute atomic E-state index is 11.9. The number of nitrogens with one attached hydrogen (secondary N) is 2. The number of anilines is 2. The van der Waals surface area contributed by atoms with E-state index in [-0.39, 0.29) is 5.91 Å². The Morgan fingerprint density at radius 1 is 1.39 bits per heavy atom. The Bertz CT molecular complexity index is 539. The van der Waals surface area contributed by atoms with Crippen molar-refractivity contribution in [1.29, 1.82) is 0 Å². The Labute approximate surface area is 118 Å². The third-order valence-corrected chi connectivity index (χ3v) is 3.62. The number of halogens is 1. The molecule has 2 rings (SSSR count). The highest BCUT2D eigenvalue weighted by Crippen LogP contribution is 2.23. The van der Waals surface area contributed by atoms with E-state index in [1.54, 1.807) is 18.3 Å². The SMILES string of the molecule is CCNc1ccc(C(=O)Nc2ncc(Br)s2)cc1. The number of nitrogens with zero attached hydrogens (tertiary/aromatic N) is 1. The van der Waals surface area contributed by atoms with E-state index in [1.165, 1.54) is 11.3 Å². The van der Waals surface area contributed by atoms with Gasteiger partial charge in [-0.15, -0.1) is 0 Å². The van der Waals surface area contributed by atoms with E-state index in [0.29, 0.717) is 10.7 Å². The lowest BCUT2D eigenvalue weighted by atomic mass is 10.2. The molecule has 1 heterocycles. The molecule has 0 aliphatic rings. The summed E-state index contributed by atoms with van der Waals surface area (Å²) in [4.78, 5) is 16.0. The van der Waals surface area contributed by atoms with Crippen LogP contribution in [0.1, 0.15) is 17.3 Å². The number of benzene rings is 1. The summed E-state index contributed by atoms with van der Waals surface area (Å²) in [5.74, 6) is -0.153. The number of thiazole rings is 1. The van der Waals surface area contributed by atoms with Crippen LogP contribution in [0, 0.1) is 0 Å². The minimum absolute atomic E-state index is 0.153. The highest BCUT2D eigenvalue weighted by molar-refractivity contribution is 9.11. The predicted octanol–water partition coefficient (Wildman–Crippen LogP) is 3.59. The van der Waals surface area contributed by atoms with Gasteiger partial charge in [-0.05, 0) is 47.1 Å². The van der Waals surface area contributed by atoms with E-state index in [9.17, 15) is 4.79 Å². The van der Waals surface area contributed by atoms with Gasteiger partial charge < -0.3 is 5.32 Å². The average Bonchev–Trinajstić information content (AvgIpc) is 2.76. The Kier molecular flexibility index (Phi) is 4.33. The van der Waals surface area contributed by atoms with E-state index in [2.05, 4.69) is 31.5 Å². The fraction of sp³-hybridized carbons (Fsp3) is 0.167. The molecule has 0 saturated carbocycles. The highest BCUT2D eigenvalue weighted by Gasteiger charge is 2.08. The zero-order valence-electron chi connectivity index (χ0n) is 9.74. The van der Waals surface area contributed by atoms with Crippen LogP contribution in [0.2, 0.25) is 0 Å². The Balaban J connectivity index is 2.04. The molecule has 6 heteroatoms. The molecule has 0 aliphatic carbocycles. The third-order valence-electron chi connectivity index (χ3n) is 2.23. The first-order valence-electron chi connectivity index (χ1n) is 5.45. The lowest BCUT2D eigenvalue weighted by Gasteiger charge is -2.05. The third kappa shape index (κ3) is 3.30. The molecule has 2 aromatic rings. The smallest absolute Gasteiger partial charge is 0.257 e. The van der Waals surface area contributed by atoms with Crippen LogP contribution in [0.4, 0.5) is 10.8 Å². The summed E-state index contributed by atoms with van der Waals surface area (Å²) >= 11 is 4.68. The number of carbonyl (C=O) groups is 1. The molecule has 4 nitrogen and oxygen atoms in total. The van der Waals surface area contributed by atoms with Crippen molar-refractivity contribution in [3.05, 3.63) is 39.8 Å². The van der Waals surface area contributed by atoms with Crippen LogP contribution in [0.15, 0.2) is 34.2 Å². The summed E-state index contributed by atoms with van der Waals surface area (Å²) in [7, 11) is 0. The standard InChI is InChI=1S/C12H12BrN3OS/c1-2-14-9-5-3-8(4-6-9)11(17)16-12-15-7-10(13)18-12/h3-7,14H,2H2,1H3,(H,15,16,17). The summed E-state index contributed by atoms with van der Waals surface area (Å²) in [5.41, 5.74) is 1.62. The van der Waals surface area contributed by atoms with Gasteiger partial charge in [0.15, 0.2) is 5.13 Å². The van der Waals surface area contributed by atoms with Gasteiger partial charge in [0.2, 0.25) is 0 Å². The molecule has 94 valence electrons. The van der Waals surface area contributed by atoms with Crippen molar-refractivity contribution >= 4 is 44.0 Å². The molecule has 0 bridgehead atoms. The maximum Gasteiger partial charge on any atom is 0.257 e. The molecule has 0 saturated heterocycles. The maximum atomic E-state index is 11.9. The minimum atomic E-state index is -0.153. The van der Waals surface area contributed by atoms with Crippen LogP contribution in [-0.4, -0.2) is 17.4 Å². The second-order valence-electron chi connectivity index (χ2n) is 3.53. The topological polar surface area (TPSA) is 54.0 Å². The van der Waals surface area contributed by atoms with Gasteiger partial charge in [-0.2, -0.15) is 0 Å². The molecule has 0 aliphatic heterocycles. The first kappa shape index (κ1) is 13.0. The zero-order valence-corrected chi connectivity index (χ0v) is 12.1. The summed E-state index contributed by atoms with van der Waals surface area (Å²) in [6.45, 7) is 2.89. The molecule has 2 N–H and O–H groups in total. The molecule has 1 aromatic heterocycles. The van der Waals surface area contributed by atoms with Crippen LogP contribution in [0.5, 0.6) is 0 Å². The normalized spacial score (nSPS) is 10.1. The second-order valence-corrected chi connectivity index (χ2v) is 5.94. The Morgan fingerprint density at radius 2 is 2.11 bits per heavy atom. The van der Waals surface area contributed by atoms with Crippen molar-refractivity contribution in [3.8, 4) is 0 Å². The number of amides is 1. The molecule has 0 atom stereocenters. The summed E-state index contributed by atoms with van der Waals surface area (Å²) in [6.07, 6.45) is 1.66. The van der Waals surface area contributed by atoms with Gasteiger partial charge in [0.1, 0.15) is 0 Å². The number of carbonyl (C=O) groups excluding carboxylic acids is 1. The van der Waals surface area contributed by atoms with Gasteiger partial charge in [0.25, 0.3) is 5.91 Å². The zero-order chi connectivity index (χ0) is 13.0. The molecular weight excluding hydrogens is 314 g/mol. The van der Waals surface area contributed by atoms with Crippen molar-refractivity contribution < 1.29 is 4.79 Å². The van der Waals surface area contributed by atoms with Gasteiger partial charge >= 0.3 is 0 Å². The number of hydrogen-bond donors (Lipinski definition) is 2. The fourth-order valence-electron chi connectivity index (χ4n) is 1.43. The molecule has 0 fully saturated rings. The Hall–Kier alpha value is -1.40. The first-order chi connectivity index (χ1) is 8.69. The summed E-state index contributed by atoms with van der Waals surface area (Å²) in [5, 5.41) is 6.51. The molecule has 0 unspecified atom stereocenters. The van der Waals surface area contributed by atoms with Crippen molar-refractivity contribution in [2.45, 2.75) is 6.92 Å². The predicted molar refractivity (Wildman–Crippen MR) is 78.4 cm³/mol. The van der Waals surface area contributed by atoms with Crippen molar-refractivity contribution in [2.75, 3.05) is 17.2 Å². The van der Waals surface area contributed by atoms with E-state index >= 15 is 0 Å². The van der Waals surface area contributed by atoms with Crippen molar-refractivity contribution in [3.63, 3.8) is 0 Å². The molecule has 1 aromatic carbocycles. The first-order valence-corrected chi connectivity index (χ1v) is 7.06. The van der Waals surface area contributed by atoms with Crippen LogP contribution < -0.4 is 10.6 Å². The molecule has 1 amide bonds. The lowest BCUT2D eigenvalue weighted by Crippen LogP contribution is -2.11. The van der Waals surface area contributed by atoms with Crippen molar-refractivity contribution in [1.82, 2.24) is 4.98 Å². The summed E-state index contributed by atoms with van der Waals surface area (Å²) in [6, 6.07) is 7.35. The molecule has 0 spiro atoms. The van der Waals surface area contributed by atoms with Crippen LogP contribution in [0.3, 0.4) is 0 Å².